The Labute approximate surface area is 116 Å². The fourth-order valence-electron chi connectivity index (χ4n) is 3.12. The largest absolute Gasteiger partial charge is 0.357 e. The molecule has 3 heteroatoms. The second-order valence-corrected chi connectivity index (χ2v) is 6.10. The highest BCUT2D eigenvalue weighted by atomic mass is 32.1. The number of hydrogen-bond donors (Lipinski definition) is 2. The number of H-pyrrole nitrogens is 1. The number of fused-ring (bicyclic) bond motifs is 3. The summed E-state index contributed by atoms with van der Waals surface area (Å²) in [5.74, 6) is 0. The van der Waals surface area contributed by atoms with Crippen LogP contribution in [0.2, 0.25) is 0 Å². The third-order valence-electron chi connectivity index (χ3n) is 3.97. The van der Waals surface area contributed by atoms with Crippen molar-refractivity contribution >= 4 is 22.2 Å². The second kappa shape index (κ2) is 4.22. The van der Waals surface area contributed by atoms with Gasteiger partial charge in [-0.05, 0) is 47.4 Å². The van der Waals surface area contributed by atoms with Crippen LogP contribution in [0.4, 0.5) is 0 Å². The van der Waals surface area contributed by atoms with E-state index in [1.165, 1.54) is 27.7 Å². The minimum absolute atomic E-state index is 0.303. The number of nitrogens with one attached hydrogen (secondary N) is 2. The van der Waals surface area contributed by atoms with Crippen LogP contribution in [0.15, 0.2) is 41.1 Å². The van der Waals surface area contributed by atoms with Crippen LogP contribution < -0.4 is 5.32 Å². The number of aromatic nitrogens is 1. The molecule has 1 aromatic carbocycles. The minimum Gasteiger partial charge on any atom is -0.357 e. The molecule has 0 saturated heterocycles. The molecule has 1 aliphatic rings. The molecule has 0 radical (unpaired) electrons. The van der Waals surface area contributed by atoms with E-state index in [0.29, 0.717) is 12.1 Å². The predicted octanol–water partition coefficient (Wildman–Crippen LogP) is 3.85. The smallest absolute Gasteiger partial charge is 0.0742 e. The van der Waals surface area contributed by atoms with Crippen molar-refractivity contribution in [2.45, 2.75) is 25.4 Å². The van der Waals surface area contributed by atoms with E-state index in [0.717, 1.165) is 6.42 Å². The number of benzene rings is 1. The number of hydrogen-bond acceptors (Lipinski definition) is 2. The molecule has 2 N–H and O–H groups in total. The fourth-order valence-corrected chi connectivity index (χ4v) is 3.81. The Hall–Kier alpha value is -1.58. The molecule has 3 aromatic rings. The fraction of sp³-hybridized carbons (Fsp3) is 0.250. The van der Waals surface area contributed by atoms with Crippen LogP contribution in [0.5, 0.6) is 0 Å². The van der Waals surface area contributed by atoms with E-state index in [-0.39, 0.29) is 0 Å². The van der Waals surface area contributed by atoms with Gasteiger partial charge >= 0.3 is 0 Å². The average Bonchev–Trinajstić information content (AvgIpc) is 3.05. The van der Waals surface area contributed by atoms with Crippen molar-refractivity contribution in [3.05, 3.63) is 57.9 Å². The highest BCUT2D eigenvalue weighted by Gasteiger charge is 2.28. The topological polar surface area (TPSA) is 27.8 Å². The zero-order chi connectivity index (χ0) is 12.8. The molecular formula is C16H16N2S. The quantitative estimate of drug-likeness (QED) is 0.689. The molecule has 0 saturated carbocycles. The van der Waals surface area contributed by atoms with E-state index in [2.05, 4.69) is 58.3 Å². The van der Waals surface area contributed by atoms with Crippen molar-refractivity contribution in [2.75, 3.05) is 0 Å². The number of thiophene rings is 1. The van der Waals surface area contributed by atoms with Crippen LogP contribution in [-0.4, -0.2) is 11.0 Å². The molecule has 0 bridgehead atoms. The van der Waals surface area contributed by atoms with Crippen LogP contribution in [0, 0.1) is 0 Å². The molecular weight excluding hydrogens is 252 g/mol. The van der Waals surface area contributed by atoms with Crippen LogP contribution in [0.3, 0.4) is 0 Å². The number of aromatic amines is 1. The molecule has 0 aliphatic carbocycles. The van der Waals surface area contributed by atoms with E-state index >= 15 is 0 Å². The summed E-state index contributed by atoms with van der Waals surface area (Å²) in [5, 5.41) is 9.48. The summed E-state index contributed by atoms with van der Waals surface area (Å²) >= 11 is 1.76. The Morgan fingerprint density at radius 2 is 2.11 bits per heavy atom. The van der Waals surface area contributed by atoms with Gasteiger partial charge in [0.05, 0.1) is 6.04 Å². The summed E-state index contributed by atoms with van der Waals surface area (Å²) in [6, 6.07) is 11.7. The van der Waals surface area contributed by atoms with E-state index in [1.807, 2.05) is 0 Å². The minimum atomic E-state index is 0.303. The summed E-state index contributed by atoms with van der Waals surface area (Å²) in [7, 11) is 0. The average molecular weight is 268 g/mol. The molecule has 0 spiro atoms. The van der Waals surface area contributed by atoms with E-state index in [4.69, 9.17) is 0 Å². The number of rotatable bonds is 1. The lowest BCUT2D eigenvalue weighted by molar-refractivity contribution is 0.461. The molecule has 96 valence electrons. The normalized spacial score (nSPS) is 22.6. The molecule has 19 heavy (non-hydrogen) atoms. The zero-order valence-corrected chi connectivity index (χ0v) is 11.6. The maximum atomic E-state index is 3.71. The molecule has 2 nitrogen and oxygen atoms in total. The van der Waals surface area contributed by atoms with Crippen LogP contribution in [0.1, 0.15) is 29.8 Å². The standard InChI is InChI=1S/C16H16N2S/c1-10-8-13-12-4-2-3-5-14(12)18-16(13)15(17-10)11-6-7-19-9-11/h2-7,9-10,15,17-18H,8H2,1H3. The van der Waals surface area contributed by atoms with Crippen molar-refractivity contribution in [2.24, 2.45) is 0 Å². The second-order valence-electron chi connectivity index (χ2n) is 5.32. The highest BCUT2D eigenvalue weighted by molar-refractivity contribution is 7.08. The van der Waals surface area contributed by atoms with E-state index < -0.39 is 0 Å². The van der Waals surface area contributed by atoms with Gasteiger partial charge in [0, 0.05) is 22.6 Å². The zero-order valence-electron chi connectivity index (χ0n) is 10.8. The van der Waals surface area contributed by atoms with Crippen LogP contribution in [0.25, 0.3) is 10.9 Å². The first-order valence-electron chi connectivity index (χ1n) is 6.70. The molecule has 3 heterocycles. The number of para-hydroxylation sites is 1. The first-order valence-corrected chi connectivity index (χ1v) is 7.65. The lowest BCUT2D eigenvalue weighted by atomic mass is 9.92. The van der Waals surface area contributed by atoms with E-state index in [1.54, 1.807) is 11.3 Å². The predicted molar refractivity (Wildman–Crippen MR) is 80.8 cm³/mol. The van der Waals surface area contributed by atoms with Crippen molar-refractivity contribution in [1.82, 2.24) is 10.3 Å². The van der Waals surface area contributed by atoms with Crippen molar-refractivity contribution in [3.63, 3.8) is 0 Å². The Balaban J connectivity index is 1.94. The van der Waals surface area contributed by atoms with Crippen molar-refractivity contribution < 1.29 is 0 Å². The first kappa shape index (κ1) is 11.3. The van der Waals surface area contributed by atoms with Crippen LogP contribution in [-0.2, 0) is 6.42 Å². The highest BCUT2D eigenvalue weighted by Crippen LogP contribution is 2.35. The van der Waals surface area contributed by atoms with Gasteiger partial charge < -0.3 is 10.3 Å². The molecule has 4 rings (SSSR count). The van der Waals surface area contributed by atoms with E-state index in [9.17, 15) is 0 Å². The molecule has 1 aliphatic heterocycles. The summed E-state index contributed by atoms with van der Waals surface area (Å²) in [6.07, 6.45) is 1.10. The molecule has 0 fully saturated rings. The van der Waals surface area contributed by atoms with Gasteiger partial charge in [-0.15, -0.1) is 0 Å². The summed E-state index contributed by atoms with van der Waals surface area (Å²) in [5.41, 5.74) is 5.45. The van der Waals surface area contributed by atoms with Crippen molar-refractivity contribution in [3.8, 4) is 0 Å². The summed E-state index contributed by atoms with van der Waals surface area (Å²) < 4.78 is 0. The Morgan fingerprint density at radius 1 is 1.21 bits per heavy atom. The third-order valence-corrected chi connectivity index (χ3v) is 4.67. The molecule has 2 atom stereocenters. The Kier molecular flexibility index (Phi) is 2.50. The van der Waals surface area contributed by atoms with Gasteiger partial charge in [-0.3, -0.25) is 0 Å². The first-order chi connectivity index (χ1) is 9.33. The molecule has 2 unspecified atom stereocenters. The monoisotopic (exact) mass is 268 g/mol. The summed E-state index contributed by atoms with van der Waals surface area (Å²) in [4.78, 5) is 3.62. The maximum absolute atomic E-state index is 3.71. The van der Waals surface area contributed by atoms with Gasteiger partial charge in [0.1, 0.15) is 0 Å². The molecule has 2 aromatic heterocycles. The van der Waals surface area contributed by atoms with Gasteiger partial charge in [0.15, 0.2) is 0 Å². The SMILES string of the molecule is CC1Cc2c([nH]c3ccccc23)C(c2ccsc2)N1. The van der Waals surface area contributed by atoms with Gasteiger partial charge in [-0.1, -0.05) is 18.2 Å². The Bertz CT molecular complexity index is 712. The van der Waals surface area contributed by atoms with Gasteiger partial charge in [-0.2, -0.15) is 11.3 Å². The molecule has 0 amide bonds. The van der Waals surface area contributed by atoms with Crippen molar-refractivity contribution in [1.29, 1.82) is 0 Å². The van der Waals surface area contributed by atoms with Gasteiger partial charge in [0.2, 0.25) is 0 Å². The van der Waals surface area contributed by atoms with Crippen LogP contribution >= 0.6 is 11.3 Å². The third kappa shape index (κ3) is 1.73. The van der Waals surface area contributed by atoms with Gasteiger partial charge in [0.25, 0.3) is 0 Å². The lowest BCUT2D eigenvalue weighted by Gasteiger charge is -2.29. The summed E-state index contributed by atoms with van der Waals surface area (Å²) in [6.45, 7) is 2.27. The lowest BCUT2D eigenvalue weighted by Crippen LogP contribution is -2.37. The maximum Gasteiger partial charge on any atom is 0.0742 e. The Morgan fingerprint density at radius 3 is 2.95 bits per heavy atom. The van der Waals surface area contributed by atoms with Gasteiger partial charge in [-0.25, -0.2) is 0 Å².